The van der Waals surface area contributed by atoms with Crippen LogP contribution in [0.25, 0.3) is 0 Å². The lowest BCUT2D eigenvalue weighted by atomic mass is 9.79. The van der Waals surface area contributed by atoms with Gasteiger partial charge < -0.3 is 34.9 Å². The van der Waals surface area contributed by atoms with Crippen molar-refractivity contribution in [2.75, 3.05) is 48.1 Å². The lowest BCUT2D eigenvalue weighted by Crippen LogP contribution is -2.74. The fourth-order valence-corrected chi connectivity index (χ4v) is 8.76. The normalized spacial score (nSPS) is 40.5. The van der Waals surface area contributed by atoms with Gasteiger partial charge in [-0.1, -0.05) is 0 Å². The minimum absolute atomic E-state index is 0.0292. The summed E-state index contributed by atoms with van der Waals surface area (Å²) >= 11 is 0. The van der Waals surface area contributed by atoms with Crippen LogP contribution >= 0.6 is 0 Å². The number of ether oxygens (including phenoxy) is 4. The van der Waals surface area contributed by atoms with Crippen molar-refractivity contribution < 1.29 is 28.5 Å². The predicted octanol–water partition coefficient (Wildman–Crippen LogP) is 2.03. The number of likely N-dealkylation sites (tertiary alicyclic amines) is 1. The molecule has 0 bridgehead atoms. The van der Waals surface area contributed by atoms with Crippen LogP contribution in [0.3, 0.4) is 0 Å². The van der Waals surface area contributed by atoms with Gasteiger partial charge in [-0.2, -0.15) is 0 Å². The maximum atomic E-state index is 13.8. The average molecular weight is 608 g/mol. The predicted molar refractivity (Wildman–Crippen MR) is 163 cm³/mol. The van der Waals surface area contributed by atoms with Crippen LogP contribution < -0.4 is 16.4 Å². The Morgan fingerprint density at radius 1 is 0.860 bits per heavy atom. The zero-order valence-corrected chi connectivity index (χ0v) is 26.9. The van der Waals surface area contributed by atoms with Crippen LogP contribution in [0.4, 0.5) is 0 Å². The van der Waals surface area contributed by atoms with Crippen molar-refractivity contribution in [3.63, 3.8) is 0 Å². The molecule has 2 aliphatic carbocycles. The Hall–Kier alpha value is -1.34. The number of rotatable bonds is 11. The highest BCUT2D eigenvalue weighted by atomic mass is 16.5. The fourth-order valence-electron chi connectivity index (χ4n) is 8.76. The van der Waals surface area contributed by atoms with E-state index in [0.29, 0.717) is 24.8 Å². The third-order valence-corrected chi connectivity index (χ3v) is 11.4. The SMILES string of the molecule is COC1CCC(CCNC(=O)C2CC3C(=O)N4CCCCC4NC3N(CCC3CCC(OC)C(OC)C3)C2N)CC1OC. The summed E-state index contributed by atoms with van der Waals surface area (Å²) in [6.45, 7) is 2.15. The number of piperidine rings is 2. The molecule has 2 amide bonds. The number of fused-ring (bicyclic) bond motifs is 2. The van der Waals surface area contributed by atoms with E-state index >= 15 is 0 Å². The van der Waals surface area contributed by atoms with Gasteiger partial charge in [-0.15, -0.1) is 0 Å². The summed E-state index contributed by atoms with van der Waals surface area (Å²) in [7, 11) is 7.02. The monoisotopic (exact) mass is 607 g/mol. The molecule has 11 nitrogen and oxygen atoms in total. The first-order chi connectivity index (χ1) is 20.9. The smallest absolute Gasteiger partial charge is 0.229 e. The van der Waals surface area contributed by atoms with Gasteiger partial charge in [0.25, 0.3) is 0 Å². The molecule has 0 aromatic heterocycles. The molecule has 5 aliphatic rings. The molecule has 5 fully saturated rings. The van der Waals surface area contributed by atoms with E-state index in [1.807, 2.05) is 4.90 Å². The largest absolute Gasteiger partial charge is 0.379 e. The first-order valence-electron chi connectivity index (χ1n) is 16.8. The number of carbonyl (C=O) groups excluding carboxylic acids is 2. The Bertz CT molecular complexity index is 927. The Kier molecular flexibility index (Phi) is 11.8. The summed E-state index contributed by atoms with van der Waals surface area (Å²) in [4.78, 5) is 31.8. The van der Waals surface area contributed by atoms with Gasteiger partial charge >= 0.3 is 0 Å². The molecule has 5 rings (SSSR count). The fraction of sp³-hybridized carbons (Fsp3) is 0.938. The number of nitrogens with two attached hydrogens (primary N) is 1. The number of amides is 2. The summed E-state index contributed by atoms with van der Waals surface area (Å²) in [5, 5.41) is 7.02. The molecule has 4 N–H and O–H groups in total. The van der Waals surface area contributed by atoms with Crippen LogP contribution in [0.2, 0.25) is 0 Å². The Morgan fingerprint density at radius 3 is 2.12 bits per heavy atom. The first kappa shape index (κ1) is 33.0. The molecule has 3 heterocycles. The molecule has 0 spiro atoms. The summed E-state index contributed by atoms with van der Waals surface area (Å²) in [6.07, 6.45) is 11.4. The van der Waals surface area contributed by atoms with Crippen LogP contribution in [0.1, 0.15) is 77.0 Å². The quantitative estimate of drug-likeness (QED) is 0.323. The zero-order valence-electron chi connectivity index (χ0n) is 26.9. The van der Waals surface area contributed by atoms with Gasteiger partial charge in [-0.3, -0.25) is 19.8 Å². The van der Waals surface area contributed by atoms with Gasteiger partial charge in [0.1, 0.15) is 0 Å². The molecule has 11 heteroatoms. The van der Waals surface area contributed by atoms with E-state index in [9.17, 15) is 9.59 Å². The molecule has 11 unspecified atom stereocenters. The molecule has 246 valence electrons. The van der Waals surface area contributed by atoms with Gasteiger partial charge in [0, 0.05) is 48.1 Å². The standard InChI is InChI=1S/C32H57N5O6/c1-40-24-10-8-20(17-26(24)42-3)12-14-34-31(38)22-19-23-30(35-28-7-5-6-15-36(28)32(23)39)37(29(22)33)16-13-21-9-11-25(41-2)27(18-21)43-4/h20-30,35H,5-19,33H2,1-4H3,(H,34,38). The third kappa shape index (κ3) is 7.39. The number of hydrogen-bond donors (Lipinski definition) is 3. The van der Waals surface area contributed by atoms with Crippen molar-refractivity contribution in [3.8, 4) is 0 Å². The molecular formula is C32H57N5O6. The van der Waals surface area contributed by atoms with Crippen molar-refractivity contribution in [1.29, 1.82) is 0 Å². The second-order valence-corrected chi connectivity index (χ2v) is 13.7. The molecule has 3 aliphatic heterocycles. The van der Waals surface area contributed by atoms with E-state index in [-0.39, 0.29) is 54.5 Å². The number of carbonyl (C=O) groups is 2. The van der Waals surface area contributed by atoms with Gasteiger partial charge in [-0.25, -0.2) is 0 Å². The average Bonchev–Trinajstić information content (AvgIpc) is 3.04. The highest BCUT2D eigenvalue weighted by Crippen LogP contribution is 2.38. The minimum atomic E-state index is -0.444. The zero-order chi connectivity index (χ0) is 30.5. The van der Waals surface area contributed by atoms with E-state index < -0.39 is 12.1 Å². The molecular weight excluding hydrogens is 550 g/mol. The molecule has 43 heavy (non-hydrogen) atoms. The second-order valence-electron chi connectivity index (χ2n) is 13.7. The van der Waals surface area contributed by atoms with E-state index in [1.54, 1.807) is 28.4 Å². The summed E-state index contributed by atoms with van der Waals surface area (Å²) in [5.74, 6) is 0.433. The highest BCUT2D eigenvalue weighted by molar-refractivity contribution is 5.84. The summed E-state index contributed by atoms with van der Waals surface area (Å²) < 4.78 is 22.7. The van der Waals surface area contributed by atoms with Crippen molar-refractivity contribution in [1.82, 2.24) is 20.4 Å². The van der Waals surface area contributed by atoms with Crippen molar-refractivity contribution >= 4 is 11.8 Å². The number of methoxy groups -OCH3 is 4. The van der Waals surface area contributed by atoms with Crippen LogP contribution in [0.5, 0.6) is 0 Å². The van der Waals surface area contributed by atoms with Gasteiger partial charge in [0.2, 0.25) is 11.8 Å². The third-order valence-electron chi connectivity index (χ3n) is 11.4. The van der Waals surface area contributed by atoms with Gasteiger partial charge in [0.05, 0.1) is 54.7 Å². The molecule has 2 saturated carbocycles. The topological polar surface area (TPSA) is 128 Å². The van der Waals surface area contributed by atoms with E-state index in [1.165, 1.54) is 0 Å². The van der Waals surface area contributed by atoms with Crippen LogP contribution in [0.15, 0.2) is 0 Å². The van der Waals surface area contributed by atoms with Gasteiger partial charge in [-0.05, 0) is 88.9 Å². The molecule has 0 aromatic rings. The van der Waals surface area contributed by atoms with E-state index in [4.69, 9.17) is 24.7 Å². The minimum Gasteiger partial charge on any atom is -0.379 e. The molecule has 0 radical (unpaired) electrons. The molecule has 0 aromatic carbocycles. The number of nitrogens with one attached hydrogen (secondary N) is 2. The van der Waals surface area contributed by atoms with Crippen LogP contribution in [0, 0.1) is 23.7 Å². The Balaban J connectivity index is 1.23. The maximum absolute atomic E-state index is 13.8. The lowest BCUT2D eigenvalue weighted by molar-refractivity contribution is -0.162. The maximum Gasteiger partial charge on any atom is 0.229 e. The van der Waals surface area contributed by atoms with Crippen molar-refractivity contribution in [2.24, 2.45) is 29.4 Å². The molecule has 3 saturated heterocycles. The number of hydrogen-bond acceptors (Lipinski definition) is 9. The summed E-state index contributed by atoms with van der Waals surface area (Å²) in [6, 6.07) is 0. The van der Waals surface area contributed by atoms with Crippen LogP contribution in [-0.2, 0) is 28.5 Å². The molecule has 11 atom stereocenters. The first-order valence-corrected chi connectivity index (χ1v) is 16.8. The highest BCUT2D eigenvalue weighted by Gasteiger charge is 2.52. The van der Waals surface area contributed by atoms with Crippen molar-refractivity contribution in [2.45, 2.75) is 120 Å². The number of nitrogens with zero attached hydrogens (tertiary/aromatic N) is 2. The Labute approximate surface area is 258 Å². The second kappa shape index (κ2) is 15.3. The van der Waals surface area contributed by atoms with E-state index in [0.717, 1.165) is 83.7 Å². The Morgan fingerprint density at radius 2 is 1.49 bits per heavy atom. The lowest BCUT2D eigenvalue weighted by Gasteiger charge is -2.55. The van der Waals surface area contributed by atoms with E-state index in [2.05, 4.69) is 15.5 Å². The summed E-state index contributed by atoms with van der Waals surface area (Å²) in [5.41, 5.74) is 6.96. The van der Waals surface area contributed by atoms with Crippen LogP contribution in [-0.4, -0.2) is 113 Å². The van der Waals surface area contributed by atoms with Gasteiger partial charge in [0.15, 0.2) is 0 Å². The van der Waals surface area contributed by atoms with Crippen molar-refractivity contribution in [3.05, 3.63) is 0 Å².